The van der Waals surface area contributed by atoms with Gasteiger partial charge in [-0.05, 0) is 24.4 Å². The summed E-state index contributed by atoms with van der Waals surface area (Å²) >= 11 is 2.79. The molecular weight excluding hydrogens is 412 g/mol. The van der Waals surface area contributed by atoms with Crippen LogP contribution in [0.4, 0.5) is 5.13 Å². The molecule has 0 spiro atoms. The third-order valence-electron chi connectivity index (χ3n) is 4.82. The van der Waals surface area contributed by atoms with E-state index in [9.17, 15) is 14.7 Å². The molecule has 1 aliphatic heterocycles. The summed E-state index contributed by atoms with van der Waals surface area (Å²) in [6, 6.07) is 3.56. The van der Waals surface area contributed by atoms with Gasteiger partial charge < -0.3 is 14.4 Å². The number of rotatable bonds is 6. The van der Waals surface area contributed by atoms with Crippen LogP contribution in [-0.4, -0.2) is 57.4 Å². The number of aliphatic hydroxyl groups is 1. The van der Waals surface area contributed by atoms with E-state index in [4.69, 9.17) is 4.74 Å². The molecule has 0 unspecified atom stereocenters. The number of thiazole rings is 1. The number of nitrogens with zero attached hydrogens (tertiary/aromatic N) is 3. The summed E-state index contributed by atoms with van der Waals surface area (Å²) in [7, 11) is 0. The Morgan fingerprint density at radius 2 is 2.14 bits per heavy atom. The predicted molar refractivity (Wildman–Crippen MR) is 114 cm³/mol. The number of amides is 1. The van der Waals surface area contributed by atoms with Gasteiger partial charge in [0, 0.05) is 35.9 Å². The Hall–Kier alpha value is -2.11. The number of morpholine rings is 1. The van der Waals surface area contributed by atoms with Gasteiger partial charge in [-0.15, -0.1) is 22.7 Å². The SMILES string of the molecule is C[C@](O)(Cn1ccc2sccc2c1=O)C(=O)Nc1nc(CN2CCOCC2)cs1. The molecule has 29 heavy (non-hydrogen) atoms. The number of hydrogen-bond acceptors (Lipinski definition) is 8. The molecule has 1 aliphatic rings. The molecular formula is C19H22N4O4S2. The van der Waals surface area contributed by atoms with E-state index in [0.717, 1.165) is 23.5 Å². The predicted octanol–water partition coefficient (Wildman–Crippen LogP) is 1.74. The highest BCUT2D eigenvalue weighted by Gasteiger charge is 2.32. The second-order valence-corrected chi connectivity index (χ2v) is 9.01. The Balaban J connectivity index is 1.41. The lowest BCUT2D eigenvalue weighted by atomic mass is 10.1. The first-order valence-corrected chi connectivity index (χ1v) is 11.0. The molecule has 10 heteroatoms. The molecule has 3 aromatic rings. The van der Waals surface area contributed by atoms with Crippen molar-refractivity contribution < 1.29 is 14.6 Å². The number of pyridine rings is 1. The minimum atomic E-state index is -1.76. The first-order chi connectivity index (χ1) is 13.9. The monoisotopic (exact) mass is 434 g/mol. The van der Waals surface area contributed by atoms with Crippen molar-refractivity contribution in [2.24, 2.45) is 0 Å². The molecule has 3 aromatic heterocycles. The van der Waals surface area contributed by atoms with E-state index in [-0.39, 0.29) is 12.1 Å². The van der Waals surface area contributed by atoms with Gasteiger partial charge in [0.05, 0.1) is 30.8 Å². The standard InChI is InChI=1S/C19H22N4O4S2/c1-19(26,12-23-4-2-15-14(16(23)24)3-9-28-15)17(25)21-18-20-13(11-29-18)10-22-5-7-27-8-6-22/h2-4,9,11,26H,5-8,10,12H2,1H3,(H,20,21,25)/t19-/m0/s1. The summed E-state index contributed by atoms with van der Waals surface area (Å²) in [5.74, 6) is -0.595. The molecule has 0 radical (unpaired) electrons. The van der Waals surface area contributed by atoms with Crippen LogP contribution in [0.25, 0.3) is 10.1 Å². The summed E-state index contributed by atoms with van der Waals surface area (Å²) < 4.78 is 7.58. The maximum atomic E-state index is 12.6. The lowest BCUT2D eigenvalue weighted by molar-refractivity contribution is -0.133. The highest BCUT2D eigenvalue weighted by atomic mass is 32.1. The molecule has 1 amide bonds. The molecule has 0 aromatic carbocycles. The number of carbonyl (C=O) groups is 1. The second kappa shape index (κ2) is 8.33. The Bertz CT molecular complexity index is 1070. The minimum absolute atomic E-state index is 0.143. The smallest absolute Gasteiger partial charge is 0.259 e. The van der Waals surface area contributed by atoms with Crippen molar-refractivity contribution >= 4 is 43.8 Å². The fourth-order valence-electron chi connectivity index (χ4n) is 3.19. The minimum Gasteiger partial charge on any atom is -0.379 e. The van der Waals surface area contributed by atoms with E-state index in [1.165, 1.54) is 34.2 Å². The van der Waals surface area contributed by atoms with Crippen LogP contribution in [0.3, 0.4) is 0 Å². The van der Waals surface area contributed by atoms with Gasteiger partial charge in [-0.1, -0.05) is 0 Å². The van der Waals surface area contributed by atoms with Gasteiger partial charge in [-0.25, -0.2) is 4.98 Å². The van der Waals surface area contributed by atoms with E-state index in [1.807, 2.05) is 16.8 Å². The molecule has 2 N–H and O–H groups in total. The largest absolute Gasteiger partial charge is 0.379 e. The van der Waals surface area contributed by atoms with Gasteiger partial charge in [-0.2, -0.15) is 0 Å². The van der Waals surface area contributed by atoms with E-state index in [2.05, 4.69) is 15.2 Å². The topological polar surface area (TPSA) is 96.7 Å². The van der Waals surface area contributed by atoms with Gasteiger partial charge >= 0.3 is 0 Å². The van der Waals surface area contributed by atoms with E-state index < -0.39 is 11.5 Å². The average molecular weight is 435 g/mol. The summed E-state index contributed by atoms with van der Waals surface area (Å²) in [5.41, 5.74) is -1.12. The average Bonchev–Trinajstić information content (AvgIpc) is 3.34. The highest BCUT2D eigenvalue weighted by molar-refractivity contribution is 7.17. The zero-order chi connectivity index (χ0) is 20.4. The maximum Gasteiger partial charge on any atom is 0.259 e. The van der Waals surface area contributed by atoms with Crippen molar-refractivity contribution in [3.8, 4) is 0 Å². The van der Waals surface area contributed by atoms with Gasteiger partial charge in [0.2, 0.25) is 0 Å². The molecule has 4 heterocycles. The molecule has 1 saturated heterocycles. The van der Waals surface area contributed by atoms with Crippen molar-refractivity contribution in [3.63, 3.8) is 0 Å². The zero-order valence-corrected chi connectivity index (χ0v) is 17.6. The van der Waals surface area contributed by atoms with Crippen LogP contribution in [0.2, 0.25) is 0 Å². The van der Waals surface area contributed by atoms with Crippen LogP contribution >= 0.6 is 22.7 Å². The van der Waals surface area contributed by atoms with E-state index in [0.29, 0.717) is 30.3 Å². The summed E-state index contributed by atoms with van der Waals surface area (Å²) in [6.45, 7) is 5.10. The molecule has 1 atom stereocenters. The highest BCUT2D eigenvalue weighted by Crippen LogP contribution is 2.20. The van der Waals surface area contributed by atoms with Crippen LogP contribution in [0.1, 0.15) is 12.6 Å². The fourth-order valence-corrected chi connectivity index (χ4v) is 4.66. The van der Waals surface area contributed by atoms with Gasteiger partial charge in [0.25, 0.3) is 11.5 Å². The van der Waals surface area contributed by atoms with Crippen LogP contribution in [0, 0.1) is 0 Å². The molecule has 4 rings (SSSR count). The number of nitrogens with one attached hydrogen (secondary N) is 1. The number of hydrogen-bond donors (Lipinski definition) is 2. The van der Waals surface area contributed by atoms with E-state index >= 15 is 0 Å². The van der Waals surface area contributed by atoms with Crippen molar-refractivity contribution in [2.75, 3.05) is 31.6 Å². The van der Waals surface area contributed by atoms with Crippen LogP contribution < -0.4 is 10.9 Å². The molecule has 0 aliphatic carbocycles. The van der Waals surface area contributed by atoms with Crippen molar-refractivity contribution in [3.05, 3.63) is 45.1 Å². The number of anilines is 1. The maximum absolute atomic E-state index is 12.6. The fraction of sp³-hybridized carbons (Fsp3) is 0.421. The number of ether oxygens (including phenoxy) is 1. The first-order valence-electron chi connectivity index (χ1n) is 9.27. The zero-order valence-electron chi connectivity index (χ0n) is 16.0. The number of aromatic nitrogens is 2. The Kier molecular flexibility index (Phi) is 5.79. The second-order valence-electron chi connectivity index (χ2n) is 7.21. The first kappa shape index (κ1) is 20.2. The lowest BCUT2D eigenvalue weighted by Crippen LogP contribution is -2.45. The normalized spacial score (nSPS) is 17.3. The van der Waals surface area contributed by atoms with Crippen LogP contribution in [-0.2, 0) is 22.6 Å². The van der Waals surface area contributed by atoms with Gasteiger partial charge in [-0.3, -0.25) is 19.8 Å². The Morgan fingerprint density at radius 1 is 1.34 bits per heavy atom. The van der Waals surface area contributed by atoms with Crippen LogP contribution in [0.5, 0.6) is 0 Å². The molecule has 0 bridgehead atoms. The third-order valence-corrected chi connectivity index (χ3v) is 6.51. The van der Waals surface area contributed by atoms with Crippen molar-refractivity contribution in [2.45, 2.75) is 25.6 Å². The van der Waals surface area contributed by atoms with E-state index in [1.54, 1.807) is 12.3 Å². The van der Waals surface area contributed by atoms with Gasteiger partial charge in [0.1, 0.15) is 0 Å². The van der Waals surface area contributed by atoms with Gasteiger partial charge in [0.15, 0.2) is 10.7 Å². The third kappa shape index (κ3) is 4.57. The summed E-state index contributed by atoms with van der Waals surface area (Å²) in [4.78, 5) is 31.9. The molecule has 1 fully saturated rings. The Morgan fingerprint density at radius 3 is 2.93 bits per heavy atom. The summed E-state index contributed by atoms with van der Waals surface area (Å²) in [5, 5.41) is 18.1. The number of fused-ring (bicyclic) bond motifs is 1. The number of thiophene rings is 1. The number of carbonyl (C=O) groups excluding carboxylic acids is 1. The molecule has 154 valence electrons. The summed E-state index contributed by atoms with van der Waals surface area (Å²) in [6.07, 6.45) is 1.60. The quantitative estimate of drug-likeness (QED) is 0.614. The van der Waals surface area contributed by atoms with Crippen molar-refractivity contribution in [1.82, 2.24) is 14.5 Å². The Labute approximate surface area is 175 Å². The lowest BCUT2D eigenvalue weighted by Gasteiger charge is -2.25. The van der Waals surface area contributed by atoms with Crippen LogP contribution in [0.15, 0.2) is 33.9 Å². The van der Waals surface area contributed by atoms with Crippen molar-refractivity contribution in [1.29, 1.82) is 0 Å². The molecule has 0 saturated carbocycles. The molecule has 8 nitrogen and oxygen atoms in total.